The molecule has 0 heterocycles. The number of aliphatic hydroxyl groups is 1. The van der Waals surface area contributed by atoms with Gasteiger partial charge in [-0.2, -0.15) is 0 Å². The van der Waals surface area contributed by atoms with Crippen molar-refractivity contribution in [3.63, 3.8) is 0 Å². The van der Waals surface area contributed by atoms with Gasteiger partial charge in [-0.1, -0.05) is 18.2 Å². The third-order valence-corrected chi connectivity index (χ3v) is 3.76. The van der Waals surface area contributed by atoms with E-state index in [2.05, 4.69) is 0 Å². The Labute approximate surface area is 123 Å². The van der Waals surface area contributed by atoms with Crippen LogP contribution in [-0.2, 0) is 0 Å². The molecular formula is C17H19F2NO. The third-order valence-electron chi connectivity index (χ3n) is 3.76. The molecule has 4 heteroatoms. The van der Waals surface area contributed by atoms with Gasteiger partial charge in [0, 0.05) is 23.9 Å². The molecule has 0 aliphatic carbocycles. The molecule has 0 aromatic heterocycles. The fourth-order valence-corrected chi connectivity index (χ4v) is 2.41. The van der Waals surface area contributed by atoms with E-state index in [1.54, 1.807) is 38.2 Å². The summed E-state index contributed by atoms with van der Waals surface area (Å²) >= 11 is 0. The van der Waals surface area contributed by atoms with Crippen molar-refractivity contribution in [2.45, 2.75) is 26.0 Å². The monoisotopic (exact) mass is 291 g/mol. The van der Waals surface area contributed by atoms with E-state index in [1.807, 2.05) is 11.8 Å². The molecule has 0 bridgehead atoms. The predicted molar refractivity (Wildman–Crippen MR) is 80.3 cm³/mol. The van der Waals surface area contributed by atoms with Gasteiger partial charge in [-0.15, -0.1) is 0 Å². The molecule has 2 aromatic rings. The number of hydrogen-bond donors (Lipinski definition) is 1. The molecule has 21 heavy (non-hydrogen) atoms. The first-order valence-electron chi connectivity index (χ1n) is 6.86. The maximum Gasteiger partial charge on any atom is 0.128 e. The number of anilines is 1. The Morgan fingerprint density at radius 1 is 1.00 bits per heavy atom. The van der Waals surface area contributed by atoms with Gasteiger partial charge in [-0.25, -0.2) is 8.78 Å². The lowest BCUT2D eigenvalue weighted by atomic mass is 10.0. The van der Waals surface area contributed by atoms with Crippen LogP contribution in [0.4, 0.5) is 14.5 Å². The van der Waals surface area contributed by atoms with Crippen LogP contribution < -0.4 is 4.90 Å². The minimum atomic E-state index is -0.800. The molecule has 0 aliphatic heterocycles. The van der Waals surface area contributed by atoms with Crippen molar-refractivity contribution in [3.05, 3.63) is 65.2 Å². The number of hydrogen-bond acceptors (Lipinski definition) is 2. The summed E-state index contributed by atoms with van der Waals surface area (Å²) in [7, 11) is 1.80. The predicted octanol–water partition coefficient (Wildman–Crippen LogP) is 4.22. The fraction of sp³-hybridized carbons (Fsp3) is 0.294. The average Bonchev–Trinajstić information content (AvgIpc) is 2.46. The second-order valence-electron chi connectivity index (χ2n) is 5.19. The van der Waals surface area contributed by atoms with E-state index in [-0.39, 0.29) is 11.9 Å². The van der Waals surface area contributed by atoms with Crippen LogP contribution in [0.3, 0.4) is 0 Å². The van der Waals surface area contributed by atoms with Crippen LogP contribution in [0.15, 0.2) is 42.5 Å². The number of nitrogens with zero attached hydrogens (tertiary/aromatic N) is 1. The maximum absolute atomic E-state index is 13.9. The molecule has 112 valence electrons. The Balaban J connectivity index is 2.40. The summed E-state index contributed by atoms with van der Waals surface area (Å²) < 4.78 is 27.3. The maximum atomic E-state index is 13.9. The Kier molecular flexibility index (Phi) is 4.58. The van der Waals surface area contributed by atoms with Gasteiger partial charge in [-0.05, 0) is 38.1 Å². The molecular weight excluding hydrogens is 272 g/mol. The van der Waals surface area contributed by atoms with Crippen LogP contribution in [0.1, 0.15) is 37.1 Å². The number of rotatable bonds is 4. The summed E-state index contributed by atoms with van der Waals surface area (Å²) in [4.78, 5) is 1.83. The van der Waals surface area contributed by atoms with E-state index >= 15 is 0 Å². The molecule has 2 atom stereocenters. The Bertz CT molecular complexity index is 628. The highest BCUT2D eigenvalue weighted by atomic mass is 19.1. The van der Waals surface area contributed by atoms with Crippen LogP contribution in [0.25, 0.3) is 0 Å². The van der Waals surface area contributed by atoms with Crippen molar-refractivity contribution >= 4 is 5.69 Å². The standard InChI is InChI=1S/C17H19F2NO/c1-11(14-6-4-5-7-16(14)19)20(3)17-9-8-13(18)10-15(17)12(2)21/h4-12,21H,1-3H3. The lowest BCUT2D eigenvalue weighted by Gasteiger charge is -2.30. The normalized spacial score (nSPS) is 13.8. The summed E-state index contributed by atoms with van der Waals surface area (Å²) in [6.45, 7) is 3.45. The van der Waals surface area contributed by atoms with E-state index in [4.69, 9.17) is 0 Å². The van der Waals surface area contributed by atoms with E-state index in [9.17, 15) is 13.9 Å². The fourth-order valence-electron chi connectivity index (χ4n) is 2.41. The number of aliphatic hydroxyl groups excluding tert-OH is 1. The van der Waals surface area contributed by atoms with Crippen LogP contribution in [0, 0.1) is 11.6 Å². The molecule has 2 rings (SSSR count). The Morgan fingerprint density at radius 3 is 2.29 bits per heavy atom. The second-order valence-corrected chi connectivity index (χ2v) is 5.19. The van der Waals surface area contributed by atoms with E-state index in [0.717, 1.165) is 0 Å². The summed E-state index contributed by atoms with van der Waals surface area (Å²) in [6, 6.07) is 10.6. The first-order valence-corrected chi connectivity index (χ1v) is 6.86. The lowest BCUT2D eigenvalue weighted by Crippen LogP contribution is -2.24. The van der Waals surface area contributed by atoms with Gasteiger partial charge in [-0.3, -0.25) is 0 Å². The molecule has 0 amide bonds. The highest BCUT2D eigenvalue weighted by Gasteiger charge is 2.20. The lowest BCUT2D eigenvalue weighted by molar-refractivity contribution is 0.199. The topological polar surface area (TPSA) is 23.5 Å². The number of halogens is 2. The van der Waals surface area contributed by atoms with Gasteiger partial charge in [0.1, 0.15) is 11.6 Å². The highest BCUT2D eigenvalue weighted by molar-refractivity contribution is 5.55. The Morgan fingerprint density at radius 2 is 1.67 bits per heavy atom. The summed E-state index contributed by atoms with van der Waals surface area (Å²) in [5, 5.41) is 9.82. The van der Waals surface area contributed by atoms with Crippen LogP contribution in [0.5, 0.6) is 0 Å². The largest absolute Gasteiger partial charge is 0.389 e. The van der Waals surface area contributed by atoms with Crippen molar-refractivity contribution in [2.75, 3.05) is 11.9 Å². The molecule has 0 fully saturated rings. The molecule has 0 saturated heterocycles. The van der Waals surface area contributed by atoms with Crippen LogP contribution >= 0.6 is 0 Å². The summed E-state index contributed by atoms with van der Waals surface area (Å²) in [6.07, 6.45) is -0.800. The van der Waals surface area contributed by atoms with Gasteiger partial charge in [0.25, 0.3) is 0 Å². The minimum absolute atomic E-state index is 0.242. The van der Waals surface area contributed by atoms with Crippen LogP contribution in [0.2, 0.25) is 0 Å². The third kappa shape index (κ3) is 3.22. The summed E-state index contributed by atoms with van der Waals surface area (Å²) in [5.41, 5.74) is 1.73. The average molecular weight is 291 g/mol. The first kappa shape index (κ1) is 15.4. The van der Waals surface area contributed by atoms with Crippen molar-refractivity contribution in [1.29, 1.82) is 0 Å². The smallest absolute Gasteiger partial charge is 0.128 e. The molecule has 0 radical (unpaired) electrons. The molecule has 2 unspecified atom stereocenters. The summed E-state index contributed by atoms with van der Waals surface area (Å²) in [5.74, 6) is -0.681. The first-order chi connectivity index (χ1) is 9.91. The molecule has 0 spiro atoms. The van der Waals surface area contributed by atoms with Gasteiger partial charge >= 0.3 is 0 Å². The van der Waals surface area contributed by atoms with Crippen molar-refractivity contribution < 1.29 is 13.9 Å². The molecule has 2 aromatic carbocycles. The van der Waals surface area contributed by atoms with Gasteiger partial charge in [0.15, 0.2) is 0 Å². The zero-order valence-corrected chi connectivity index (χ0v) is 12.3. The van der Waals surface area contributed by atoms with Crippen molar-refractivity contribution in [3.8, 4) is 0 Å². The van der Waals surface area contributed by atoms with Gasteiger partial charge < -0.3 is 10.0 Å². The molecule has 0 saturated carbocycles. The van der Waals surface area contributed by atoms with E-state index in [0.29, 0.717) is 16.8 Å². The van der Waals surface area contributed by atoms with Crippen molar-refractivity contribution in [1.82, 2.24) is 0 Å². The molecule has 1 N–H and O–H groups in total. The zero-order valence-electron chi connectivity index (χ0n) is 12.3. The van der Waals surface area contributed by atoms with E-state index in [1.165, 1.54) is 18.2 Å². The number of benzene rings is 2. The van der Waals surface area contributed by atoms with E-state index < -0.39 is 11.9 Å². The van der Waals surface area contributed by atoms with Crippen molar-refractivity contribution in [2.24, 2.45) is 0 Å². The minimum Gasteiger partial charge on any atom is -0.389 e. The van der Waals surface area contributed by atoms with Gasteiger partial charge in [0.2, 0.25) is 0 Å². The zero-order chi connectivity index (χ0) is 15.6. The second kappa shape index (κ2) is 6.22. The molecule has 0 aliphatic rings. The highest BCUT2D eigenvalue weighted by Crippen LogP contribution is 2.32. The van der Waals surface area contributed by atoms with Crippen LogP contribution in [-0.4, -0.2) is 12.2 Å². The molecule has 2 nitrogen and oxygen atoms in total. The SMILES string of the molecule is CC(O)c1cc(F)ccc1N(C)C(C)c1ccccc1F. The Hall–Kier alpha value is -1.94. The van der Waals surface area contributed by atoms with Gasteiger partial charge in [0.05, 0.1) is 12.1 Å². The quantitative estimate of drug-likeness (QED) is 0.912.